The Hall–Kier alpha value is -0.610. The number of nitrogens with one attached hydrogen (secondary N) is 2. The highest BCUT2D eigenvalue weighted by atomic mass is 16.3. The monoisotopic (exact) mass is 228 g/mol. The van der Waals surface area contributed by atoms with E-state index in [9.17, 15) is 9.90 Å². The van der Waals surface area contributed by atoms with Crippen LogP contribution >= 0.6 is 0 Å². The largest absolute Gasteiger partial charge is 0.396 e. The van der Waals surface area contributed by atoms with Gasteiger partial charge in [0.2, 0.25) is 5.91 Å². The normalized spacial score (nSPS) is 25.4. The van der Waals surface area contributed by atoms with Gasteiger partial charge in [-0.1, -0.05) is 12.8 Å². The zero-order valence-electron chi connectivity index (χ0n) is 10.2. The molecular weight excluding hydrogens is 204 g/mol. The van der Waals surface area contributed by atoms with Gasteiger partial charge in [0.15, 0.2) is 0 Å². The number of aliphatic hydroxyl groups excluding tert-OH is 1. The van der Waals surface area contributed by atoms with Crippen LogP contribution in [0.3, 0.4) is 0 Å². The Morgan fingerprint density at radius 1 is 1.31 bits per heavy atom. The van der Waals surface area contributed by atoms with Crippen LogP contribution < -0.4 is 10.6 Å². The van der Waals surface area contributed by atoms with E-state index in [1.807, 2.05) is 7.05 Å². The molecule has 1 aliphatic rings. The van der Waals surface area contributed by atoms with Crippen molar-refractivity contribution in [3.8, 4) is 0 Å². The standard InChI is InChI=1S/C12H24N2O2/c1-13-7-6-12(16)14-8-10-4-2-3-5-11(10)9-15/h10-11,13,15H,2-9H2,1H3,(H,14,16). The van der Waals surface area contributed by atoms with Crippen molar-refractivity contribution in [3.05, 3.63) is 0 Å². The third kappa shape index (κ3) is 4.49. The Morgan fingerprint density at radius 2 is 2.00 bits per heavy atom. The summed E-state index contributed by atoms with van der Waals surface area (Å²) in [5.74, 6) is 0.965. The molecular formula is C12H24N2O2. The molecule has 1 rings (SSSR count). The Bertz CT molecular complexity index is 209. The Kier molecular flexibility index (Phi) is 6.42. The maximum absolute atomic E-state index is 11.4. The first-order valence-electron chi connectivity index (χ1n) is 6.30. The average molecular weight is 228 g/mol. The Labute approximate surface area is 97.8 Å². The molecule has 2 atom stereocenters. The lowest BCUT2D eigenvalue weighted by Gasteiger charge is -2.30. The molecule has 4 nitrogen and oxygen atoms in total. The summed E-state index contributed by atoms with van der Waals surface area (Å²) in [5, 5.41) is 15.2. The van der Waals surface area contributed by atoms with Crippen molar-refractivity contribution in [3.63, 3.8) is 0 Å². The summed E-state index contributed by atoms with van der Waals surface area (Å²) in [6.45, 7) is 1.71. The molecule has 0 aromatic heterocycles. The predicted octanol–water partition coefficient (Wildman–Crippen LogP) is 0.511. The van der Waals surface area contributed by atoms with Gasteiger partial charge in [0.25, 0.3) is 0 Å². The van der Waals surface area contributed by atoms with Crippen LogP contribution in [0.4, 0.5) is 0 Å². The van der Waals surface area contributed by atoms with Crippen LogP contribution in [0.1, 0.15) is 32.1 Å². The molecule has 0 heterocycles. The van der Waals surface area contributed by atoms with E-state index in [-0.39, 0.29) is 12.5 Å². The van der Waals surface area contributed by atoms with Gasteiger partial charge in [-0.15, -0.1) is 0 Å². The molecule has 2 unspecified atom stereocenters. The van der Waals surface area contributed by atoms with Crippen molar-refractivity contribution in [1.29, 1.82) is 0 Å². The molecule has 0 saturated heterocycles. The fourth-order valence-electron chi connectivity index (χ4n) is 2.37. The van der Waals surface area contributed by atoms with E-state index in [2.05, 4.69) is 10.6 Å². The summed E-state index contributed by atoms with van der Waals surface area (Å²) in [6.07, 6.45) is 5.22. The van der Waals surface area contributed by atoms with Crippen molar-refractivity contribution in [2.24, 2.45) is 11.8 Å². The van der Waals surface area contributed by atoms with Gasteiger partial charge in [-0.05, 0) is 31.7 Å². The molecule has 4 heteroatoms. The molecule has 0 aliphatic heterocycles. The number of hydrogen-bond donors (Lipinski definition) is 3. The molecule has 0 aromatic rings. The molecule has 1 aliphatic carbocycles. The second-order valence-electron chi connectivity index (χ2n) is 4.64. The Morgan fingerprint density at radius 3 is 2.62 bits per heavy atom. The summed E-state index contributed by atoms with van der Waals surface area (Å²) in [4.78, 5) is 11.4. The van der Waals surface area contributed by atoms with E-state index in [0.29, 0.717) is 18.3 Å². The fourth-order valence-corrected chi connectivity index (χ4v) is 2.37. The van der Waals surface area contributed by atoms with Gasteiger partial charge < -0.3 is 15.7 Å². The van der Waals surface area contributed by atoms with E-state index < -0.39 is 0 Å². The van der Waals surface area contributed by atoms with Gasteiger partial charge in [-0.3, -0.25) is 4.79 Å². The minimum absolute atomic E-state index is 0.108. The summed E-state index contributed by atoms with van der Waals surface area (Å²) < 4.78 is 0. The number of rotatable bonds is 6. The molecule has 0 radical (unpaired) electrons. The first-order chi connectivity index (χ1) is 7.77. The molecule has 0 aromatic carbocycles. The molecule has 3 N–H and O–H groups in total. The Balaban J connectivity index is 2.21. The van der Waals surface area contributed by atoms with Crippen LogP contribution in [0.15, 0.2) is 0 Å². The maximum atomic E-state index is 11.4. The zero-order chi connectivity index (χ0) is 11.8. The number of aliphatic hydroxyl groups is 1. The van der Waals surface area contributed by atoms with Crippen molar-refractivity contribution >= 4 is 5.91 Å². The number of hydrogen-bond acceptors (Lipinski definition) is 3. The van der Waals surface area contributed by atoms with Gasteiger partial charge in [0.1, 0.15) is 0 Å². The highest BCUT2D eigenvalue weighted by Gasteiger charge is 2.24. The van der Waals surface area contributed by atoms with Gasteiger partial charge in [-0.25, -0.2) is 0 Å². The maximum Gasteiger partial charge on any atom is 0.221 e. The first-order valence-corrected chi connectivity index (χ1v) is 6.30. The zero-order valence-corrected chi connectivity index (χ0v) is 10.2. The van der Waals surface area contributed by atoms with E-state index >= 15 is 0 Å². The summed E-state index contributed by atoms with van der Waals surface area (Å²) in [7, 11) is 1.84. The highest BCUT2D eigenvalue weighted by Crippen LogP contribution is 2.28. The summed E-state index contributed by atoms with van der Waals surface area (Å²) in [6, 6.07) is 0. The highest BCUT2D eigenvalue weighted by molar-refractivity contribution is 5.76. The van der Waals surface area contributed by atoms with E-state index in [4.69, 9.17) is 0 Å². The third-order valence-corrected chi connectivity index (χ3v) is 3.46. The van der Waals surface area contributed by atoms with Crippen LogP contribution in [-0.4, -0.2) is 37.8 Å². The van der Waals surface area contributed by atoms with Crippen molar-refractivity contribution in [2.75, 3.05) is 26.7 Å². The molecule has 1 amide bonds. The second-order valence-corrected chi connectivity index (χ2v) is 4.64. The number of carbonyl (C=O) groups is 1. The topological polar surface area (TPSA) is 61.4 Å². The third-order valence-electron chi connectivity index (χ3n) is 3.46. The molecule has 1 fully saturated rings. The first kappa shape index (κ1) is 13.5. The SMILES string of the molecule is CNCCC(=O)NCC1CCCCC1CO. The van der Waals surface area contributed by atoms with Gasteiger partial charge >= 0.3 is 0 Å². The smallest absolute Gasteiger partial charge is 0.221 e. The molecule has 1 saturated carbocycles. The van der Waals surface area contributed by atoms with Gasteiger partial charge in [0.05, 0.1) is 0 Å². The predicted molar refractivity (Wildman–Crippen MR) is 64.1 cm³/mol. The van der Waals surface area contributed by atoms with Gasteiger partial charge in [0, 0.05) is 26.1 Å². The molecule has 0 spiro atoms. The van der Waals surface area contributed by atoms with Crippen LogP contribution in [0, 0.1) is 11.8 Å². The summed E-state index contributed by atoms with van der Waals surface area (Å²) in [5.41, 5.74) is 0. The minimum Gasteiger partial charge on any atom is -0.396 e. The van der Waals surface area contributed by atoms with Crippen molar-refractivity contribution < 1.29 is 9.90 Å². The van der Waals surface area contributed by atoms with Crippen LogP contribution in [0.5, 0.6) is 0 Å². The minimum atomic E-state index is 0.108. The van der Waals surface area contributed by atoms with E-state index in [1.165, 1.54) is 12.8 Å². The van der Waals surface area contributed by atoms with Crippen molar-refractivity contribution in [1.82, 2.24) is 10.6 Å². The number of amides is 1. The lowest BCUT2D eigenvalue weighted by Crippen LogP contribution is -2.36. The lowest BCUT2D eigenvalue weighted by molar-refractivity contribution is -0.121. The molecule has 94 valence electrons. The van der Waals surface area contributed by atoms with E-state index in [1.54, 1.807) is 0 Å². The quantitative estimate of drug-likeness (QED) is 0.621. The fraction of sp³-hybridized carbons (Fsp3) is 0.917. The summed E-state index contributed by atoms with van der Waals surface area (Å²) >= 11 is 0. The second kappa shape index (κ2) is 7.63. The lowest BCUT2D eigenvalue weighted by atomic mass is 9.79. The van der Waals surface area contributed by atoms with Crippen LogP contribution in [0.2, 0.25) is 0 Å². The molecule has 0 bridgehead atoms. The van der Waals surface area contributed by atoms with Crippen molar-refractivity contribution in [2.45, 2.75) is 32.1 Å². The number of carbonyl (C=O) groups excluding carboxylic acids is 1. The van der Waals surface area contributed by atoms with Gasteiger partial charge in [-0.2, -0.15) is 0 Å². The van der Waals surface area contributed by atoms with Crippen LogP contribution in [0.25, 0.3) is 0 Å². The van der Waals surface area contributed by atoms with E-state index in [0.717, 1.165) is 25.9 Å². The van der Waals surface area contributed by atoms with Crippen LogP contribution in [-0.2, 0) is 4.79 Å². The molecule has 16 heavy (non-hydrogen) atoms. The average Bonchev–Trinajstić information content (AvgIpc) is 2.34.